The highest BCUT2D eigenvalue weighted by atomic mass is 127. The molecule has 0 unspecified atom stereocenters. The molecule has 124 valence electrons. The van der Waals surface area contributed by atoms with Crippen LogP contribution in [0.4, 0.5) is 4.79 Å². The summed E-state index contributed by atoms with van der Waals surface area (Å²) in [4.78, 5) is 17.3. The van der Waals surface area contributed by atoms with Crippen molar-refractivity contribution < 1.29 is 4.79 Å². The number of guanidine groups is 1. The van der Waals surface area contributed by atoms with Gasteiger partial charge >= 0.3 is 6.03 Å². The Kier molecular flexibility index (Phi) is 12.0. The zero-order valence-corrected chi connectivity index (χ0v) is 16.1. The highest BCUT2D eigenvalue weighted by Gasteiger charge is 2.21. The molecule has 1 aliphatic heterocycles. The molecule has 0 aliphatic carbocycles. The van der Waals surface area contributed by atoms with Gasteiger partial charge in [0.05, 0.1) is 0 Å². The minimum absolute atomic E-state index is 0. The third-order valence-corrected chi connectivity index (χ3v) is 3.97. The maximum Gasteiger partial charge on any atom is 0.314 e. The first-order chi connectivity index (χ1) is 9.67. The number of halogens is 1. The van der Waals surface area contributed by atoms with Crippen LogP contribution in [0.25, 0.3) is 0 Å². The average molecular weight is 429 g/mol. The summed E-state index contributed by atoms with van der Waals surface area (Å²) in [5, 5.41) is 6.71. The van der Waals surface area contributed by atoms with Crippen LogP contribution in [0.2, 0.25) is 0 Å². The van der Waals surface area contributed by atoms with E-state index in [2.05, 4.69) is 28.8 Å². The number of urea groups is 1. The molecule has 1 fully saturated rings. The third kappa shape index (κ3) is 8.60. The number of nitrogens with two attached hydrogens (primary N) is 1. The van der Waals surface area contributed by atoms with E-state index in [1.807, 2.05) is 11.8 Å². The summed E-state index contributed by atoms with van der Waals surface area (Å²) in [6.45, 7) is 5.21. The summed E-state index contributed by atoms with van der Waals surface area (Å²) in [6, 6.07) is 0.0463. The molecule has 0 bridgehead atoms. The fourth-order valence-electron chi connectivity index (χ4n) is 2.16. The number of primary amides is 1. The monoisotopic (exact) mass is 429 g/mol. The zero-order valence-electron chi connectivity index (χ0n) is 12.9. The Labute approximate surface area is 149 Å². The smallest absolute Gasteiger partial charge is 0.314 e. The predicted octanol–water partition coefficient (Wildman–Crippen LogP) is 1.46. The van der Waals surface area contributed by atoms with Crippen LogP contribution in [0.1, 0.15) is 26.2 Å². The van der Waals surface area contributed by atoms with Gasteiger partial charge in [0.15, 0.2) is 5.96 Å². The molecule has 1 saturated heterocycles. The summed E-state index contributed by atoms with van der Waals surface area (Å²) >= 11 is 1.85. The van der Waals surface area contributed by atoms with Crippen LogP contribution in [0.5, 0.6) is 0 Å². The molecule has 4 N–H and O–H groups in total. The standard InChI is InChI=1S/C13H27N5OS.HI/c1-3-15-13(16-7-4-10-20-2)17-11-5-8-18(9-6-11)12(14)19;/h11H,3-10H2,1-2H3,(H2,14,19)(H2,15,16,17);1H. The zero-order chi connectivity index (χ0) is 14.8. The van der Waals surface area contributed by atoms with Crippen molar-refractivity contribution in [1.29, 1.82) is 0 Å². The Hall–Kier alpha value is -0.380. The van der Waals surface area contributed by atoms with Gasteiger partial charge in [-0.15, -0.1) is 24.0 Å². The highest BCUT2D eigenvalue weighted by Crippen LogP contribution is 2.09. The van der Waals surface area contributed by atoms with Gasteiger partial charge in [0.2, 0.25) is 0 Å². The number of amides is 2. The Balaban J connectivity index is 0.00000400. The van der Waals surface area contributed by atoms with Crippen LogP contribution < -0.4 is 16.4 Å². The first kappa shape index (κ1) is 20.6. The van der Waals surface area contributed by atoms with E-state index in [0.717, 1.165) is 57.2 Å². The van der Waals surface area contributed by atoms with Crippen LogP contribution >= 0.6 is 35.7 Å². The molecule has 0 saturated carbocycles. The number of nitrogens with zero attached hydrogens (tertiary/aromatic N) is 2. The van der Waals surface area contributed by atoms with Crippen molar-refractivity contribution in [3.63, 3.8) is 0 Å². The van der Waals surface area contributed by atoms with E-state index >= 15 is 0 Å². The van der Waals surface area contributed by atoms with Gasteiger partial charge in [0, 0.05) is 32.2 Å². The molecule has 0 aromatic carbocycles. The minimum atomic E-state index is -0.318. The molecule has 1 heterocycles. The number of rotatable bonds is 6. The number of carbonyl (C=O) groups is 1. The Morgan fingerprint density at radius 1 is 1.43 bits per heavy atom. The first-order valence-corrected chi connectivity index (χ1v) is 8.65. The lowest BCUT2D eigenvalue weighted by atomic mass is 10.1. The second kappa shape index (κ2) is 12.2. The number of hydrogen-bond donors (Lipinski definition) is 3. The van der Waals surface area contributed by atoms with Gasteiger partial charge in [0.25, 0.3) is 0 Å². The molecule has 21 heavy (non-hydrogen) atoms. The van der Waals surface area contributed by atoms with Crippen molar-refractivity contribution in [2.24, 2.45) is 10.7 Å². The van der Waals surface area contributed by atoms with Gasteiger partial charge < -0.3 is 21.3 Å². The topological polar surface area (TPSA) is 82.8 Å². The number of aliphatic imine (C=N–C) groups is 1. The fourth-order valence-corrected chi connectivity index (χ4v) is 2.58. The quantitative estimate of drug-likeness (QED) is 0.258. The van der Waals surface area contributed by atoms with Crippen molar-refractivity contribution in [3.05, 3.63) is 0 Å². The maximum atomic E-state index is 11.1. The predicted molar refractivity (Wildman–Crippen MR) is 102 cm³/mol. The molecule has 8 heteroatoms. The number of nitrogens with one attached hydrogen (secondary N) is 2. The molecule has 1 rings (SSSR count). The van der Waals surface area contributed by atoms with Crippen molar-refractivity contribution >= 4 is 47.7 Å². The molecular weight excluding hydrogens is 401 g/mol. The van der Waals surface area contributed by atoms with Crippen LogP contribution in [0.3, 0.4) is 0 Å². The van der Waals surface area contributed by atoms with Gasteiger partial charge in [-0.3, -0.25) is 4.99 Å². The molecule has 1 aliphatic rings. The molecular formula is C13H28IN5OS. The molecule has 0 aromatic rings. The van der Waals surface area contributed by atoms with Crippen molar-refractivity contribution in [2.75, 3.05) is 38.2 Å². The van der Waals surface area contributed by atoms with Gasteiger partial charge in [-0.25, -0.2) is 4.79 Å². The number of piperidine rings is 1. The Bertz CT molecular complexity index is 322. The second-order valence-electron chi connectivity index (χ2n) is 4.85. The number of likely N-dealkylation sites (tertiary alicyclic amines) is 1. The fraction of sp³-hybridized carbons (Fsp3) is 0.846. The summed E-state index contributed by atoms with van der Waals surface area (Å²) in [6.07, 6.45) is 5.04. The second-order valence-corrected chi connectivity index (χ2v) is 5.84. The molecule has 0 aromatic heterocycles. The number of hydrogen-bond acceptors (Lipinski definition) is 3. The molecule has 0 spiro atoms. The lowest BCUT2D eigenvalue weighted by Crippen LogP contribution is -2.50. The molecule has 0 radical (unpaired) electrons. The van der Waals surface area contributed by atoms with Crippen molar-refractivity contribution in [2.45, 2.75) is 32.2 Å². The molecule has 6 nitrogen and oxygen atoms in total. The van der Waals surface area contributed by atoms with E-state index < -0.39 is 0 Å². The van der Waals surface area contributed by atoms with E-state index in [9.17, 15) is 4.79 Å². The summed E-state index contributed by atoms with van der Waals surface area (Å²) in [5.41, 5.74) is 5.28. The van der Waals surface area contributed by atoms with Crippen LogP contribution in [0.15, 0.2) is 4.99 Å². The minimum Gasteiger partial charge on any atom is -0.357 e. The lowest BCUT2D eigenvalue weighted by molar-refractivity contribution is 0.188. The summed E-state index contributed by atoms with van der Waals surface area (Å²) < 4.78 is 0. The largest absolute Gasteiger partial charge is 0.357 e. The van der Waals surface area contributed by atoms with Crippen LogP contribution in [0, 0.1) is 0 Å². The SMILES string of the molecule is CCNC(=NCCCSC)NC1CCN(C(N)=O)CC1.I. The first-order valence-electron chi connectivity index (χ1n) is 7.25. The van der Waals surface area contributed by atoms with Crippen molar-refractivity contribution in [3.8, 4) is 0 Å². The van der Waals surface area contributed by atoms with Crippen LogP contribution in [-0.4, -0.2) is 61.1 Å². The van der Waals surface area contributed by atoms with Crippen molar-refractivity contribution in [1.82, 2.24) is 15.5 Å². The highest BCUT2D eigenvalue weighted by molar-refractivity contribution is 14.0. The summed E-state index contributed by atoms with van der Waals surface area (Å²) in [5.74, 6) is 2.02. The van der Waals surface area contributed by atoms with E-state index in [1.54, 1.807) is 4.90 Å². The summed E-state index contributed by atoms with van der Waals surface area (Å²) in [7, 11) is 0. The number of carbonyl (C=O) groups excluding carboxylic acids is 1. The Morgan fingerprint density at radius 2 is 2.10 bits per heavy atom. The van der Waals surface area contributed by atoms with E-state index in [-0.39, 0.29) is 30.0 Å². The average Bonchev–Trinajstić information content (AvgIpc) is 2.44. The Morgan fingerprint density at radius 3 is 2.62 bits per heavy atom. The van der Waals surface area contributed by atoms with Gasteiger partial charge in [0.1, 0.15) is 0 Å². The van der Waals surface area contributed by atoms with E-state index in [1.165, 1.54) is 0 Å². The van der Waals surface area contributed by atoms with E-state index in [0.29, 0.717) is 6.04 Å². The normalized spacial score (nSPS) is 16.3. The van der Waals surface area contributed by atoms with Crippen LogP contribution in [-0.2, 0) is 0 Å². The lowest BCUT2D eigenvalue weighted by Gasteiger charge is -2.32. The van der Waals surface area contributed by atoms with Gasteiger partial charge in [-0.05, 0) is 38.2 Å². The van der Waals surface area contributed by atoms with E-state index in [4.69, 9.17) is 5.73 Å². The molecule has 2 amide bonds. The van der Waals surface area contributed by atoms with Gasteiger partial charge in [-0.2, -0.15) is 11.8 Å². The maximum absolute atomic E-state index is 11.1. The van der Waals surface area contributed by atoms with Gasteiger partial charge in [-0.1, -0.05) is 0 Å². The number of thioether (sulfide) groups is 1. The molecule has 0 atom stereocenters. The third-order valence-electron chi connectivity index (χ3n) is 3.27.